The molecule has 0 fully saturated rings. The summed E-state index contributed by atoms with van der Waals surface area (Å²) in [5.74, 6) is 0.886. The van der Waals surface area contributed by atoms with Gasteiger partial charge in [0.2, 0.25) is 0 Å². The lowest BCUT2D eigenvalue weighted by Gasteiger charge is -2.20. The molecule has 0 unspecified atom stereocenters. The highest BCUT2D eigenvalue weighted by atomic mass is 35.5. The Morgan fingerprint density at radius 1 is 1.10 bits per heavy atom. The van der Waals surface area contributed by atoms with Gasteiger partial charge in [0.05, 0.1) is 0 Å². The number of anilines is 1. The summed E-state index contributed by atoms with van der Waals surface area (Å²) in [5, 5.41) is 0.641. The molecule has 2 aromatic carbocycles. The van der Waals surface area contributed by atoms with Crippen molar-refractivity contribution in [2.45, 2.75) is 39.7 Å². The normalized spacial score (nSPS) is 11.5. The Kier molecular flexibility index (Phi) is 4.48. The summed E-state index contributed by atoms with van der Waals surface area (Å²) in [6.45, 7) is 9.12. The van der Waals surface area contributed by atoms with Crippen molar-refractivity contribution in [3.05, 3.63) is 58.1 Å². The topological polar surface area (TPSA) is 35.2 Å². The maximum absolute atomic E-state index is 5.94. The maximum Gasteiger partial charge on any atom is 0.122 e. The highest BCUT2D eigenvalue weighted by Gasteiger charge is 2.14. The number of halogens is 1. The van der Waals surface area contributed by atoms with Gasteiger partial charge in [-0.2, -0.15) is 0 Å². The maximum atomic E-state index is 5.94. The van der Waals surface area contributed by atoms with Crippen LogP contribution in [0.3, 0.4) is 0 Å². The van der Waals surface area contributed by atoms with E-state index in [1.54, 1.807) is 6.07 Å². The zero-order valence-electron chi connectivity index (χ0n) is 13.0. The van der Waals surface area contributed by atoms with E-state index in [1.807, 2.05) is 18.2 Å². The van der Waals surface area contributed by atoms with Gasteiger partial charge >= 0.3 is 0 Å². The van der Waals surface area contributed by atoms with Gasteiger partial charge in [-0.15, -0.1) is 0 Å². The average Bonchev–Trinajstić information content (AvgIpc) is 2.38. The third-order valence-electron chi connectivity index (χ3n) is 3.53. The van der Waals surface area contributed by atoms with Crippen molar-refractivity contribution in [1.29, 1.82) is 0 Å². The molecule has 2 N–H and O–H groups in total. The Hall–Kier alpha value is -1.67. The molecule has 2 nitrogen and oxygen atoms in total. The van der Waals surface area contributed by atoms with E-state index in [2.05, 4.69) is 39.8 Å². The van der Waals surface area contributed by atoms with E-state index in [-0.39, 0.29) is 5.41 Å². The highest BCUT2D eigenvalue weighted by molar-refractivity contribution is 6.30. The molecule has 0 saturated heterocycles. The SMILES string of the molecule is Cc1cc(C(C)(C)C)ccc1OCc1ccc(Cl)cc1N. The van der Waals surface area contributed by atoms with Crippen molar-refractivity contribution in [3.63, 3.8) is 0 Å². The van der Waals surface area contributed by atoms with Crippen molar-refractivity contribution >= 4 is 17.3 Å². The van der Waals surface area contributed by atoms with Gasteiger partial charge in [-0.3, -0.25) is 0 Å². The molecule has 0 atom stereocenters. The molecule has 2 aromatic rings. The summed E-state index contributed by atoms with van der Waals surface area (Å²) in [5.41, 5.74) is 10.1. The predicted octanol–water partition coefficient (Wildman–Crippen LogP) is 5.11. The standard InChI is InChI=1S/C18H22ClNO/c1-12-9-14(18(2,3)4)6-8-17(12)21-11-13-5-7-15(19)10-16(13)20/h5-10H,11,20H2,1-4H3. The molecule has 2 rings (SSSR count). The minimum Gasteiger partial charge on any atom is -0.489 e. The van der Waals surface area contributed by atoms with Gasteiger partial charge in [0.25, 0.3) is 0 Å². The summed E-state index contributed by atoms with van der Waals surface area (Å²) in [4.78, 5) is 0. The van der Waals surface area contributed by atoms with E-state index in [1.165, 1.54) is 5.56 Å². The monoisotopic (exact) mass is 303 g/mol. The van der Waals surface area contributed by atoms with E-state index in [0.717, 1.165) is 16.9 Å². The minimum absolute atomic E-state index is 0.143. The number of benzene rings is 2. The second kappa shape index (κ2) is 5.98. The largest absolute Gasteiger partial charge is 0.489 e. The predicted molar refractivity (Wildman–Crippen MR) is 90.1 cm³/mol. The average molecular weight is 304 g/mol. The highest BCUT2D eigenvalue weighted by Crippen LogP contribution is 2.28. The number of hydrogen-bond acceptors (Lipinski definition) is 2. The Labute approximate surface area is 131 Å². The zero-order valence-corrected chi connectivity index (χ0v) is 13.8. The van der Waals surface area contributed by atoms with Crippen LogP contribution in [0.5, 0.6) is 5.75 Å². The van der Waals surface area contributed by atoms with Crippen LogP contribution in [0.4, 0.5) is 5.69 Å². The molecular weight excluding hydrogens is 282 g/mol. The first-order valence-corrected chi connectivity index (χ1v) is 7.43. The summed E-state index contributed by atoms with van der Waals surface area (Å²) >= 11 is 5.90. The molecule has 0 radical (unpaired) electrons. The van der Waals surface area contributed by atoms with Gasteiger partial charge in [-0.1, -0.05) is 50.6 Å². The number of nitrogens with two attached hydrogens (primary N) is 1. The first-order chi connectivity index (χ1) is 9.77. The minimum atomic E-state index is 0.143. The zero-order chi connectivity index (χ0) is 15.6. The lowest BCUT2D eigenvalue weighted by Crippen LogP contribution is -2.11. The molecule has 0 heterocycles. The molecule has 0 aliphatic rings. The van der Waals surface area contributed by atoms with E-state index in [0.29, 0.717) is 17.3 Å². The second-order valence-electron chi connectivity index (χ2n) is 6.36. The number of nitrogen functional groups attached to an aromatic ring is 1. The van der Waals surface area contributed by atoms with E-state index in [4.69, 9.17) is 22.1 Å². The Morgan fingerprint density at radius 3 is 2.38 bits per heavy atom. The molecule has 0 bridgehead atoms. The fourth-order valence-corrected chi connectivity index (χ4v) is 2.31. The van der Waals surface area contributed by atoms with Crippen LogP contribution in [0.1, 0.15) is 37.5 Å². The molecule has 0 saturated carbocycles. The molecule has 0 aliphatic carbocycles. The number of rotatable bonds is 3. The van der Waals surface area contributed by atoms with Gasteiger partial charge in [-0.25, -0.2) is 0 Å². The van der Waals surface area contributed by atoms with Gasteiger partial charge in [0, 0.05) is 16.3 Å². The number of aryl methyl sites for hydroxylation is 1. The van der Waals surface area contributed by atoms with Crippen molar-refractivity contribution in [2.75, 3.05) is 5.73 Å². The van der Waals surface area contributed by atoms with Gasteiger partial charge < -0.3 is 10.5 Å². The molecular formula is C18H22ClNO. The van der Waals surface area contributed by atoms with Crippen LogP contribution in [-0.4, -0.2) is 0 Å². The Morgan fingerprint density at radius 2 is 1.81 bits per heavy atom. The first-order valence-electron chi connectivity index (χ1n) is 7.05. The van der Waals surface area contributed by atoms with Crippen molar-refractivity contribution in [1.82, 2.24) is 0 Å². The molecule has 0 amide bonds. The van der Waals surface area contributed by atoms with Crippen molar-refractivity contribution in [2.24, 2.45) is 0 Å². The summed E-state index contributed by atoms with van der Waals surface area (Å²) < 4.78 is 5.89. The summed E-state index contributed by atoms with van der Waals surface area (Å²) in [6.07, 6.45) is 0. The second-order valence-corrected chi connectivity index (χ2v) is 6.80. The van der Waals surface area contributed by atoms with Gasteiger partial charge in [0.1, 0.15) is 12.4 Å². The lowest BCUT2D eigenvalue weighted by atomic mass is 9.86. The van der Waals surface area contributed by atoms with Crippen LogP contribution in [0.25, 0.3) is 0 Å². The van der Waals surface area contributed by atoms with Crippen LogP contribution in [0.15, 0.2) is 36.4 Å². The molecule has 0 aromatic heterocycles. The lowest BCUT2D eigenvalue weighted by molar-refractivity contribution is 0.304. The number of hydrogen-bond donors (Lipinski definition) is 1. The fourth-order valence-electron chi connectivity index (χ4n) is 2.13. The third kappa shape index (κ3) is 3.92. The summed E-state index contributed by atoms with van der Waals surface area (Å²) in [6, 6.07) is 11.8. The quantitative estimate of drug-likeness (QED) is 0.800. The van der Waals surface area contributed by atoms with Crippen molar-refractivity contribution in [3.8, 4) is 5.75 Å². The molecule has 0 spiro atoms. The van der Waals surface area contributed by atoms with Crippen LogP contribution in [-0.2, 0) is 12.0 Å². The molecule has 21 heavy (non-hydrogen) atoms. The van der Waals surface area contributed by atoms with Gasteiger partial charge in [-0.05, 0) is 41.7 Å². The smallest absolute Gasteiger partial charge is 0.122 e. The molecule has 3 heteroatoms. The fraction of sp³-hybridized carbons (Fsp3) is 0.333. The van der Waals surface area contributed by atoms with E-state index in [9.17, 15) is 0 Å². The van der Waals surface area contributed by atoms with Crippen LogP contribution in [0.2, 0.25) is 5.02 Å². The van der Waals surface area contributed by atoms with Gasteiger partial charge in [0.15, 0.2) is 0 Å². The van der Waals surface area contributed by atoms with Crippen LogP contribution >= 0.6 is 11.6 Å². The Balaban J connectivity index is 2.13. The summed E-state index contributed by atoms with van der Waals surface area (Å²) in [7, 11) is 0. The van der Waals surface area contributed by atoms with Crippen molar-refractivity contribution < 1.29 is 4.74 Å². The van der Waals surface area contributed by atoms with Crippen LogP contribution in [0, 0.1) is 6.92 Å². The molecule has 0 aliphatic heterocycles. The van der Waals surface area contributed by atoms with E-state index < -0.39 is 0 Å². The van der Waals surface area contributed by atoms with Crippen LogP contribution < -0.4 is 10.5 Å². The first kappa shape index (κ1) is 15.7. The molecule has 112 valence electrons. The Bertz CT molecular complexity index is 644. The third-order valence-corrected chi connectivity index (χ3v) is 3.77. The number of ether oxygens (including phenoxy) is 1. The van der Waals surface area contributed by atoms with E-state index >= 15 is 0 Å².